The first kappa shape index (κ1) is 25.6. The first-order chi connectivity index (χ1) is 12.2. The summed E-state index contributed by atoms with van der Waals surface area (Å²) in [6.45, 7) is 0.180. The van der Waals surface area contributed by atoms with E-state index >= 15 is 0 Å². The van der Waals surface area contributed by atoms with Crippen molar-refractivity contribution in [1.82, 2.24) is 15.1 Å². The van der Waals surface area contributed by atoms with Crippen LogP contribution in [0.3, 0.4) is 0 Å². The Hall–Kier alpha value is -1.43. The van der Waals surface area contributed by atoms with Crippen LogP contribution in [0.5, 0.6) is 11.5 Å². The number of likely N-dealkylation sites (N-methyl/N-ethyl adjacent to an activating group) is 1. The quantitative estimate of drug-likeness (QED) is 0.336. The Balaban J connectivity index is 0.00000676. The summed E-state index contributed by atoms with van der Waals surface area (Å²) in [5, 5.41) is 3.07. The second kappa shape index (κ2) is 12.1. The second-order valence-corrected chi connectivity index (χ2v) is 5.86. The van der Waals surface area contributed by atoms with E-state index in [0.29, 0.717) is 30.5 Å². The topological polar surface area (TPSA) is 49.3 Å². The highest BCUT2D eigenvalue weighted by atomic mass is 127. The Morgan fingerprint density at radius 2 is 1.85 bits per heavy atom. The molecule has 0 atom stereocenters. The van der Waals surface area contributed by atoms with Gasteiger partial charge < -0.3 is 19.7 Å². The highest BCUT2D eigenvalue weighted by molar-refractivity contribution is 14.0. The fourth-order valence-electron chi connectivity index (χ4n) is 2.44. The predicted molar refractivity (Wildman–Crippen MR) is 111 cm³/mol. The molecule has 10 heteroatoms. The van der Waals surface area contributed by atoms with Gasteiger partial charge in [0.25, 0.3) is 0 Å². The van der Waals surface area contributed by atoms with E-state index in [-0.39, 0.29) is 30.5 Å². The molecule has 0 aromatic heterocycles. The van der Waals surface area contributed by atoms with E-state index in [1.165, 1.54) is 11.9 Å². The number of aliphatic imine (C=N–C) groups is 1. The molecular formula is C17H28F3IN4O2. The van der Waals surface area contributed by atoms with Crippen LogP contribution in [0.1, 0.15) is 5.56 Å². The van der Waals surface area contributed by atoms with Crippen molar-refractivity contribution in [3.63, 3.8) is 0 Å². The third kappa shape index (κ3) is 9.36. The van der Waals surface area contributed by atoms with Gasteiger partial charge in [-0.15, -0.1) is 24.0 Å². The lowest BCUT2D eigenvalue weighted by molar-refractivity contribution is -0.142. The van der Waals surface area contributed by atoms with Crippen molar-refractivity contribution in [3.05, 3.63) is 23.8 Å². The summed E-state index contributed by atoms with van der Waals surface area (Å²) in [7, 11) is 8.08. The number of benzene rings is 1. The first-order valence-electron chi connectivity index (χ1n) is 8.08. The Morgan fingerprint density at radius 3 is 2.37 bits per heavy atom. The van der Waals surface area contributed by atoms with E-state index in [1.54, 1.807) is 27.3 Å². The van der Waals surface area contributed by atoms with Crippen molar-refractivity contribution in [2.75, 3.05) is 55.0 Å². The van der Waals surface area contributed by atoms with Crippen molar-refractivity contribution in [2.24, 2.45) is 4.99 Å². The van der Waals surface area contributed by atoms with Gasteiger partial charge in [-0.3, -0.25) is 9.89 Å². The molecule has 0 aliphatic rings. The molecule has 6 nitrogen and oxygen atoms in total. The van der Waals surface area contributed by atoms with Crippen molar-refractivity contribution in [3.8, 4) is 11.5 Å². The normalized spacial score (nSPS) is 11.8. The lowest BCUT2D eigenvalue weighted by Crippen LogP contribution is -2.43. The fourth-order valence-corrected chi connectivity index (χ4v) is 2.44. The van der Waals surface area contributed by atoms with Gasteiger partial charge in [-0.05, 0) is 19.2 Å². The van der Waals surface area contributed by atoms with E-state index in [4.69, 9.17) is 9.47 Å². The lowest BCUT2D eigenvalue weighted by atomic mass is 10.2. The Labute approximate surface area is 175 Å². The number of hydrogen-bond acceptors (Lipinski definition) is 4. The highest BCUT2D eigenvalue weighted by Crippen LogP contribution is 2.25. The molecule has 0 bridgehead atoms. The van der Waals surface area contributed by atoms with Crippen molar-refractivity contribution in [2.45, 2.75) is 12.7 Å². The fraction of sp³-hybridized carbons (Fsp3) is 0.588. The minimum absolute atomic E-state index is 0. The maximum Gasteiger partial charge on any atom is 0.401 e. The van der Waals surface area contributed by atoms with Gasteiger partial charge in [0.05, 0.1) is 20.8 Å². The van der Waals surface area contributed by atoms with Crippen LogP contribution < -0.4 is 14.8 Å². The Morgan fingerprint density at radius 1 is 1.19 bits per heavy atom. The van der Waals surface area contributed by atoms with Gasteiger partial charge in [-0.2, -0.15) is 13.2 Å². The number of nitrogens with zero attached hydrogens (tertiary/aromatic N) is 3. The van der Waals surface area contributed by atoms with Crippen LogP contribution >= 0.6 is 24.0 Å². The second-order valence-electron chi connectivity index (χ2n) is 5.86. The molecule has 0 radical (unpaired) electrons. The molecule has 0 aliphatic heterocycles. The molecule has 1 rings (SSSR count). The molecule has 0 heterocycles. The summed E-state index contributed by atoms with van der Waals surface area (Å²) < 4.78 is 47.6. The highest BCUT2D eigenvalue weighted by Gasteiger charge is 2.28. The van der Waals surface area contributed by atoms with E-state index in [0.717, 1.165) is 5.56 Å². The molecule has 0 saturated heterocycles. The van der Waals surface area contributed by atoms with Gasteiger partial charge in [0.1, 0.15) is 11.5 Å². The van der Waals surface area contributed by atoms with Crippen LogP contribution in [-0.2, 0) is 6.54 Å². The molecule has 27 heavy (non-hydrogen) atoms. The first-order valence-corrected chi connectivity index (χ1v) is 8.08. The molecule has 0 amide bonds. The van der Waals surface area contributed by atoms with Crippen LogP contribution in [0.15, 0.2) is 23.2 Å². The van der Waals surface area contributed by atoms with Crippen LogP contribution in [0.4, 0.5) is 13.2 Å². The molecule has 0 saturated carbocycles. The van der Waals surface area contributed by atoms with Crippen molar-refractivity contribution < 1.29 is 22.6 Å². The largest absolute Gasteiger partial charge is 0.497 e. The molecule has 156 valence electrons. The van der Waals surface area contributed by atoms with Crippen molar-refractivity contribution in [1.29, 1.82) is 0 Å². The number of alkyl halides is 3. The van der Waals surface area contributed by atoms with Crippen LogP contribution in [0.2, 0.25) is 0 Å². The zero-order chi connectivity index (χ0) is 19.7. The van der Waals surface area contributed by atoms with Crippen LogP contribution in [0, 0.1) is 0 Å². The van der Waals surface area contributed by atoms with Gasteiger partial charge in [0.2, 0.25) is 0 Å². The SMILES string of the molecule is CN=C(NCCN(C)CC(F)(F)F)N(C)Cc1ccc(OC)cc1OC.I. The number of rotatable bonds is 8. The summed E-state index contributed by atoms with van der Waals surface area (Å²) in [4.78, 5) is 7.25. The predicted octanol–water partition coefficient (Wildman–Crippen LogP) is 2.82. The summed E-state index contributed by atoms with van der Waals surface area (Å²) in [5.41, 5.74) is 0.938. The third-order valence-electron chi connectivity index (χ3n) is 3.70. The molecule has 0 spiro atoms. The molecular weight excluding hydrogens is 476 g/mol. The number of nitrogens with one attached hydrogen (secondary N) is 1. The number of halogens is 4. The maximum atomic E-state index is 12.3. The molecule has 0 aliphatic carbocycles. The Kier molecular flexibility index (Phi) is 11.5. The summed E-state index contributed by atoms with van der Waals surface area (Å²) >= 11 is 0. The Bertz CT molecular complexity index is 600. The number of guanidine groups is 1. The van der Waals surface area contributed by atoms with Crippen LogP contribution in [0.25, 0.3) is 0 Å². The van der Waals surface area contributed by atoms with E-state index in [9.17, 15) is 13.2 Å². The molecule has 1 aromatic carbocycles. The molecule has 0 fully saturated rings. The number of ether oxygens (including phenoxy) is 2. The monoisotopic (exact) mass is 504 g/mol. The zero-order valence-corrected chi connectivity index (χ0v) is 18.6. The maximum absolute atomic E-state index is 12.3. The molecule has 1 N–H and O–H groups in total. The average Bonchev–Trinajstić information content (AvgIpc) is 2.57. The average molecular weight is 504 g/mol. The van der Waals surface area contributed by atoms with Gasteiger partial charge in [0, 0.05) is 45.4 Å². The van der Waals surface area contributed by atoms with Gasteiger partial charge in [-0.25, -0.2) is 0 Å². The van der Waals surface area contributed by atoms with E-state index in [1.807, 2.05) is 24.1 Å². The summed E-state index contributed by atoms with van der Waals surface area (Å²) in [5.74, 6) is 1.98. The standard InChI is InChI=1S/C17H27F3N4O2.HI/c1-21-16(22-8-9-23(2)12-17(18,19)20)24(3)11-13-6-7-14(25-4)10-15(13)26-5;/h6-7,10H,8-9,11-12H2,1-5H3,(H,21,22);1H. The van der Waals surface area contributed by atoms with Gasteiger partial charge in [-0.1, -0.05) is 0 Å². The number of hydrogen-bond donors (Lipinski definition) is 1. The summed E-state index contributed by atoms with van der Waals surface area (Å²) in [6.07, 6.45) is -4.20. The smallest absolute Gasteiger partial charge is 0.401 e. The number of methoxy groups -OCH3 is 2. The third-order valence-corrected chi connectivity index (χ3v) is 3.70. The van der Waals surface area contributed by atoms with Gasteiger partial charge in [0.15, 0.2) is 5.96 Å². The lowest BCUT2D eigenvalue weighted by Gasteiger charge is -2.24. The molecule has 0 unspecified atom stereocenters. The minimum atomic E-state index is -4.20. The van der Waals surface area contributed by atoms with Crippen molar-refractivity contribution >= 4 is 29.9 Å². The van der Waals surface area contributed by atoms with Crippen LogP contribution in [-0.4, -0.2) is 76.9 Å². The van der Waals surface area contributed by atoms with Gasteiger partial charge >= 0.3 is 6.18 Å². The summed E-state index contributed by atoms with van der Waals surface area (Å²) in [6, 6.07) is 5.54. The van der Waals surface area contributed by atoms with E-state index in [2.05, 4.69) is 10.3 Å². The minimum Gasteiger partial charge on any atom is -0.497 e. The molecule has 1 aromatic rings. The zero-order valence-electron chi connectivity index (χ0n) is 16.3. The van der Waals surface area contributed by atoms with E-state index < -0.39 is 12.7 Å².